The second-order valence-corrected chi connectivity index (χ2v) is 6.76. The number of aromatic nitrogens is 1. The average molecular weight is 396 g/mol. The minimum Gasteiger partial charge on any atom is -0.497 e. The number of benzene rings is 2. The zero-order valence-corrected chi connectivity index (χ0v) is 16.6. The molecule has 29 heavy (non-hydrogen) atoms. The number of carbonyl (C=O) groups is 2. The topological polar surface area (TPSA) is 89.8 Å². The molecule has 7 nitrogen and oxygen atoms in total. The molecular weight excluding hydrogens is 372 g/mol. The summed E-state index contributed by atoms with van der Waals surface area (Å²) in [6.07, 6.45) is -0.264. The van der Waals surface area contributed by atoms with Gasteiger partial charge in [-0.25, -0.2) is 0 Å². The van der Waals surface area contributed by atoms with Crippen molar-refractivity contribution in [3.8, 4) is 11.5 Å². The van der Waals surface area contributed by atoms with Gasteiger partial charge in [-0.3, -0.25) is 9.59 Å². The SMILES string of the molecule is COc1ccc(C(CC(=O)O)NC(=O)Cn2c(C)cc3ccccc32)c(OC)c1. The maximum Gasteiger partial charge on any atom is 0.305 e. The van der Waals surface area contributed by atoms with Crippen molar-refractivity contribution < 1.29 is 24.2 Å². The molecule has 0 bridgehead atoms. The highest BCUT2D eigenvalue weighted by atomic mass is 16.5. The summed E-state index contributed by atoms with van der Waals surface area (Å²) >= 11 is 0. The summed E-state index contributed by atoms with van der Waals surface area (Å²) in [7, 11) is 3.03. The van der Waals surface area contributed by atoms with E-state index in [2.05, 4.69) is 5.32 Å². The fraction of sp³-hybridized carbons (Fsp3) is 0.273. The Kier molecular flexibility index (Phi) is 6.07. The van der Waals surface area contributed by atoms with Gasteiger partial charge in [0, 0.05) is 22.8 Å². The fourth-order valence-electron chi connectivity index (χ4n) is 3.46. The monoisotopic (exact) mass is 396 g/mol. The lowest BCUT2D eigenvalue weighted by atomic mass is 10.0. The lowest BCUT2D eigenvalue weighted by Crippen LogP contribution is -2.33. The molecular formula is C22H24N2O5. The molecule has 2 N–H and O–H groups in total. The quantitative estimate of drug-likeness (QED) is 0.610. The van der Waals surface area contributed by atoms with Crippen molar-refractivity contribution in [1.82, 2.24) is 9.88 Å². The highest BCUT2D eigenvalue weighted by Crippen LogP contribution is 2.31. The summed E-state index contributed by atoms with van der Waals surface area (Å²) < 4.78 is 12.5. The van der Waals surface area contributed by atoms with E-state index in [0.717, 1.165) is 16.6 Å². The molecule has 7 heteroatoms. The van der Waals surface area contributed by atoms with Crippen LogP contribution in [-0.4, -0.2) is 35.8 Å². The fourth-order valence-corrected chi connectivity index (χ4v) is 3.46. The first kappa shape index (κ1) is 20.3. The van der Waals surface area contributed by atoms with Gasteiger partial charge in [0.05, 0.1) is 26.7 Å². The summed E-state index contributed by atoms with van der Waals surface area (Å²) in [4.78, 5) is 24.2. The highest BCUT2D eigenvalue weighted by Gasteiger charge is 2.22. The third kappa shape index (κ3) is 4.51. The van der Waals surface area contributed by atoms with E-state index in [1.54, 1.807) is 18.2 Å². The highest BCUT2D eigenvalue weighted by molar-refractivity contribution is 5.84. The van der Waals surface area contributed by atoms with Crippen molar-refractivity contribution in [1.29, 1.82) is 0 Å². The summed E-state index contributed by atoms with van der Waals surface area (Å²) in [5.74, 6) is -0.256. The molecule has 0 aliphatic carbocycles. The van der Waals surface area contributed by atoms with Crippen LogP contribution in [0.2, 0.25) is 0 Å². The maximum absolute atomic E-state index is 12.8. The van der Waals surface area contributed by atoms with E-state index in [1.807, 2.05) is 41.8 Å². The molecule has 1 amide bonds. The Bertz CT molecular complexity index is 1040. The number of methoxy groups -OCH3 is 2. The van der Waals surface area contributed by atoms with Crippen molar-refractivity contribution in [2.24, 2.45) is 0 Å². The Morgan fingerprint density at radius 3 is 2.55 bits per heavy atom. The van der Waals surface area contributed by atoms with Crippen LogP contribution in [0.15, 0.2) is 48.5 Å². The Balaban J connectivity index is 1.86. The molecule has 1 unspecified atom stereocenters. The molecule has 1 heterocycles. The number of amides is 1. The van der Waals surface area contributed by atoms with E-state index in [-0.39, 0.29) is 18.9 Å². The molecule has 0 aliphatic rings. The second kappa shape index (κ2) is 8.68. The number of aliphatic carboxylic acids is 1. The molecule has 152 valence electrons. The lowest BCUT2D eigenvalue weighted by molar-refractivity contribution is -0.137. The van der Waals surface area contributed by atoms with Gasteiger partial charge in [-0.1, -0.05) is 18.2 Å². The van der Waals surface area contributed by atoms with Gasteiger partial charge >= 0.3 is 5.97 Å². The van der Waals surface area contributed by atoms with Crippen LogP contribution >= 0.6 is 0 Å². The smallest absolute Gasteiger partial charge is 0.305 e. The number of nitrogens with one attached hydrogen (secondary N) is 1. The lowest BCUT2D eigenvalue weighted by Gasteiger charge is -2.21. The van der Waals surface area contributed by atoms with Gasteiger partial charge in [-0.2, -0.15) is 0 Å². The molecule has 0 saturated heterocycles. The molecule has 1 aromatic heterocycles. The summed E-state index contributed by atoms with van der Waals surface area (Å²) in [5.41, 5.74) is 2.49. The first-order valence-electron chi connectivity index (χ1n) is 9.21. The van der Waals surface area contributed by atoms with Crippen LogP contribution in [0.5, 0.6) is 11.5 Å². The summed E-state index contributed by atoms with van der Waals surface area (Å²) in [5, 5.41) is 13.2. The standard InChI is InChI=1S/C22H24N2O5/c1-14-10-15-6-4-5-7-19(15)24(14)13-21(25)23-18(12-22(26)27)17-9-8-16(28-2)11-20(17)29-3/h4-11,18H,12-13H2,1-3H3,(H,23,25)(H,26,27). The van der Waals surface area contributed by atoms with Crippen molar-refractivity contribution in [2.45, 2.75) is 25.9 Å². The molecule has 0 aliphatic heterocycles. The number of carbonyl (C=O) groups excluding carboxylic acids is 1. The summed E-state index contributed by atoms with van der Waals surface area (Å²) in [6.45, 7) is 2.03. The normalized spacial score (nSPS) is 11.8. The maximum atomic E-state index is 12.8. The Morgan fingerprint density at radius 1 is 1.10 bits per heavy atom. The first-order valence-corrected chi connectivity index (χ1v) is 9.21. The molecule has 1 atom stereocenters. The van der Waals surface area contributed by atoms with Crippen molar-refractivity contribution in [3.05, 3.63) is 59.8 Å². The molecule has 2 aromatic carbocycles. The number of para-hydroxylation sites is 1. The molecule has 0 saturated carbocycles. The number of fused-ring (bicyclic) bond motifs is 1. The zero-order chi connectivity index (χ0) is 21.0. The van der Waals surface area contributed by atoms with Gasteiger partial charge in [-0.05, 0) is 36.6 Å². The minimum atomic E-state index is -1.02. The summed E-state index contributed by atoms with van der Waals surface area (Å²) in [6, 6.07) is 14.2. The van der Waals surface area contributed by atoms with Crippen LogP contribution in [0, 0.1) is 6.92 Å². The van der Waals surface area contributed by atoms with E-state index in [0.29, 0.717) is 17.1 Å². The number of nitrogens with zero attached hydrogens (tertiary/aromatic N) is 1. The van der Waals surface area contributed by atoms with E-state index < -0.39 is 12.0 Å². The van der Waals surface area contributed by atoms with Crippen molar-refractivity contribution >= 4 is 22.8 Å². The van der Waals surface area contributed by atoms with Gasteiger partial charge < -0.3 is 24.5 Å². The molecule has 0 radical (unpaired) electrons. The number of ether oxygens (including phenoxy) is 2. The largest absolute Gasteiger partial charge is 0.497 e. The molecule has 3 aromatic rings. The van der Waals surface area contributed by atoms with Crippen LogP contribution in [0.3, 0.4) is 0 Å². The van der Waals surface area contributed by atoms with Gasteiger partial charge in [0.25, 0.3) is 0 Å². The number of aryl methyl sites for hydroxylation is 1. The van der Waals surface area contributed by atoms with Crippen molar-refractivity contribution in [2.75, 3.05) is 14.2 Å². The van der Waals surface area contributed by atoms with E-state index in [9.17, 15) is 14.7 Å². The Labute approximate surface area is 168 Å². The van der Waals surface area contributed by atoms with E-state index >= 15 is 0 Å². The van der Waals surface area contributed by atoms with Crippen LogP contribution in [-0.2, 0) is 16.1 Å². The van der Waals surface area contributed by atoms with Gasteiger partial charge in [0.2, 0.25) is 5.91 Å². The number of hydrogen-bond donors (Lipinski definition) is 2. The molecule has 3 rings (SSSR count). The molecule has 0 spiro atoms. The second-order valence-electron chi connectivity index (χ2n) is 6.76. The predicted octanol–water partition coefficient (Wildman–Crippen LogP) is 3.30. The van der Waals surface area contributed by atoms with Gasteiger partial charge in [0.1, 0.15) is 18.0 Å². The number of carboxylic acids is 1. The van der Waals surface area contributed by atoms with Crippen LogP contribution in [0.1, 0.15) is 23.7 Å². The number of carboxylic acid groups (broad SMARTS) is 1. The third-order valence-corrected chi connectivity index (χ3v) is 4.85. The first-order chi connectivity index (χ1) is 13.9. The van der Waals surface area contributed by atoms with Crippen LogP contribution in [0.25, 0.3) is 10.9 Å². The van der Waals surface area contributed by atoms with E-state index in [4.69, 9.17) is 9.47 Å². The third-order valence-electron chi connectivity index (χ3n) is 4.85. The van der Waals surface area contributed by atoms with Crippen molar-refractivity contribution in [3.63, 3.8) is 0 Å². The van der Waals surface area contributed by atoms with Gasteiger partial charge in [-0.15, -0.1) is 0 Å². The van der Waals surface area contributed by atoms with Crippen LogP contribution < -0.4 is 14.8 Å². The average Bonchev–Trinajstić information content (AvgIpc) is 3.01. The zero-order valence-electron chi connectivity index (χ0n) is 16.6. The molecule has 0 fully saturated rings. The Hall–Kier alpha value is -3.48. The van der Waals surface area contributed by atoms with E-state index in [1.165, 1.54) is 14.2 Å². The minimum absolute atomic E-state index is 0.0912. The van der Waals surface area contributed by atoms with Gasteiger partial charge in [0.15, 0.2) is 0 Å². The number of rotatable bonds is 8. The number of hydrogen-bond acceptors (Lipinski definition) is 4. The Morgan fingerprint density at radius 2 is 1.86 bits per heavy atom. The predicted molar refractivity (Wildman–Crippen MR) is 109 cm³/mol. The van der Waals surface area contributed by atoms with Crippen LogP contribution in [0.4, 0.5) is 0 Å².